The van der Waals surface area contributed by atoms with Crippen LogP contribution in [0.25, 0.3) is 0 Å². The van der Waals surface area contributed by atoms with Crippen LogP contribution in [0.3, 0.4) is 0 Å². The highest BCUT2D eigenvalue weighted by atomic mass is 32.2. The second-order valence-electron chi connectivity index (χ2n) is 5.34. The van der Waals surface area contributed by atoms with Crippen LogP contribution in [-0.2, 0) is 16.1 Å². The number of Topliss-reactive ketones (excluding diaryl/α,β-unsaturated/α-hetero) is 1. The first kappa shape index (κ1) is 20.5. The average Bonchev–Trinajstić information content (AvgIpc) is 2.64. The summed E-state index contributed by atoms with van der Waals surface area (Å²) in [6.45, 7) is 1.21. The number of nitrogens with one attached hydrogen (secondary N) is 1. The standard InChI is InChI=1S/C18H16F2N2O4S/c1-11(23)22-9-12-4-6-13(7-5-12)15(24)10-26-17(25)14-3-2-8-21-16(14)27-18(19)20/h2-8,18H,9-10H2,1H3,(H,22,23). The van der Waals surface area contributed by atoms with E-state index in [9.17, 15) is 23.2 Å². The Labute approximate surface area is 158 Å². The van der Waals surface area contributed by atoms with Gasteiger partial charge in [0.25, 0.3) is 5.76 Å². The van der Waals surface area contributed by atoms with Crippen LogP contribution in [0, 0.1) is 0 Å². The number of hydrogen-bond donors (Lipinski definition) is 1. The lowest BCUT2D eigenvalue weighted by Gasteiger charge is -2.08. The summed E-state index contributed by atoms with van der Waals surface area (Å²) in [5, 5.41) is 2.47. The number of alkyl halides is 2. The normalized spacial score (nSPS) is 10.5. The lowest BCUT2D eigenvalue weighted by atomic mass is 10.1. The van der Waals surface area contributed by atoms with Gasteiger partial charge in [-0.15, -0.1) is 0 Å². The molecule has 2 rings (SSSR count). The van der Waals surface area contributed by atoms with Gasteiger partial charge in [0, 0.05) is 25.2 Å². The quantitative estimate of drug-likeness (QED) is 0.421. The number of amides is 1. The monoisotopic (exact) mass is 394 g/mol. The minimum Gasteiger partial charge on any atom is -0.454 e. The van der Waals surface area contributed by atoms with Gasteiger partial charge in [-0.3, -0.25) is 9.59 Å². The van der Waals surface area contributed by atoms with Crippen LogP contribution in [0.5, 0.6) is 0 Å². The van der Waals surface area contributed by atoms with Gasteiger partial charge in [-0.1, -0.05) is 24.3 Å². The summed E-state index contributed by atoms with van der Waals surface area (Å²) < 4.78 is 30.0. The van der Waals surface area contributed by atoms with Crippen molar-refractivity contribution in [2.24, 2.45) is 0 Å². The zero-order valence-corrected chi connectivity index (χ0v) is 15.1. The number of nitrogens with zero attached hydrogens (tertiary/aromatic N) is 1. The fourth-order valence-electron chi connectivity index (χ4n) is 2.05. The predicted octanol–water partition coefficient (Wildman–Crippen LogP) is 3.07. The van der Waals surface area contributed by atoms with Crippen LogP contribution in [0.2, 0.25) is 0 Å². The molecular formula is C18H16F2N2O4S. The van der Waals surface area contributed by atoms with Crippen molar-refractivity contribution >= 4 is 29.4 Å². The molecule has 1 heterocycles. The van der Waals surface area contributed by atoms with Crippen LogP contribution in [-0.4, -0.2) is 35.0 Å². The summed E-state index contributed by atoms with van der Waals surface area (Å²) in [6, 6.07) is 9.17. The first-order valence-corrected chi connectivity index (χ1v) is 8.68. The first-order chi connectivity index (χ1) is 12.9. The Kier molecular flexibility index (Phi) is 7.42. The van der Waals surface area contributed by atoms with Gasteiger partial charge in [0.15, 0.2) is 12.4 Å². The van der Waals surface area contributed by atoms with E-state index in [0.29, 0.717) is 12.1 Å². The highest BCUT2D eigenvalue weighted by molar-refractivity contribution is 7.99. The van der Waals surface area contributed by atoms with Crippen molar-refractivity contribution in [3.63, 3.8) is 0 Å². The summed E-state index contributed by atoms with van der Waals surface area (Å²) in [6.07, 6.45) is 1.29. The Morgan fingerprint density at radius 1 is 1.19 bits per heavy atom. The Morgan fingerprint density at radius 3 is 2.52 bits per heavy atom. The minimum atomic E-state index is -2.73. The maximum Gasteiger partial charge on any atom is 0.341 e. The molecule has 27 heavy (non-hydrogen) atoms. The van der Waals surface area contributed by atoms with E-state index in [1.165, 1.54) is 25.3 Å². The van der Waals surface area contributed by atoms with E-state index in [2.05, 4.69) is 10.3 Å². The van der Waals surface area contributed by atoms with Crippen molar-refractivity contribution < 1.29 is 27.9 Å². The van der Waals surface area contributed by atoms with Crippen LogP contribution in [0.4, 0.5) is 8.78 Å². The van der Waals surface area contributed by atoms with Gasteiger partial charge < -0.3 is 10.1 Å². The number of ether oxygens (including phenoxy) is 1. The number of thioether (sulfide) groups is 1. The molecule has 0 atom stereocenters. The molecule has 2 aromatic rings. The largest absolute Gasteiger partial charge is 0.454 e. The second kappa shape index (κ2) is 9.77. The van der Waals surface area contributed by atoms with Crippen molar-refractivity contribution in [2.75, 3.05) is 6.61 Å². The third kappa shape index (κ3) is 6.45. The molecule has 6 nitrogen and oxygen atoms in total. The molecule has 0 fully saturated rings. The van der Waals surface area contributed by atoms with Crippen LogP contribution in [0.1, 0.15) is 33.2 Å². The molecule has 1 N–H and O–H groups in total. The number of pyridine rings is 1. The van der Waals surface area contributed by atoms with Crippen LogP contribution < -0.4 is 5.32 Å². The zero-order chi connectivity index (χ0) is 19.8. The van der Waals surface area contributed by atoms with Gasteiger partial charge in [0.1, 0.15) is 5.03 Å². The molecule has 0 bridgehead atoms. The number of rotatable bonds is 8. The number of aromatic nitrogens is 1. The molecule has 0 radical (unpaired) electrons. The maximum atomic E-state index is 12.5. The number of benzene rings is 1. The van der Waals surface area contributed by atoms with Crippen molar-refractivity contribution in [2.45, 2.75) is 24.3 Å². The van der Waals surface area contributed by atoms with Crippen LogP contribution in [0.15, 0.2) is 47.6 Å². The van der Waals surface area contributed by atoms with E-state index in [-0.39, 0.29) is 28.3 Å². The highest BCUT2D eigenvalue weighted by Gasteiger charge is 2.19. The third-order valence-electron chi connectivity index (χ3n) is 3.34. The Hall–Kier alpha value is -2.81. The Balaban J connectivity index is 1.95. The Bertz CT molecular complexity index is 828. The van der Waals surface area contributed by atoms with Gasteiger partial charge in [0.05, 0.1) is 5.56 Å². The van der Waals surface area contributed by atoms with Gasteiger partial charge in [0.2, 0.25) is 5.91 Å². The molecule has 0 saturated carbocycles. The van der Waals surface area contributed by atoms with Crippen molar-refractivity contribution in [1.82, 2.24) is 10.3 Å². The summed E-state index contributed by atoms with van der Waals surface area (Å²) >= 11 is 0.132. The van der Waals surface area contributed by atoms with E-state index < -0.39 is 24.1 Å². The van der Waals surface area contributed by atoms with Gasteiger partial charge in [-0.2, -0.15) is 8.78 Å². The lowest BCUT2D eigenvalue weighted by Crippen LogP contribution is -2.19. The molecule has 0 aliphatic heterocycles. The molecular weight excluding hydrogens is 378 g/mol. The van der Waals surface area contributed by atoms with E-state index in [1.807, 2.05) is 0 Å². The van der Waals surface area contributed by atoms with E-state index in [4.69, 9.17) is 4.74 Å². The van der Waals surface area contributed by atoms with E-state index in [0.717, 1.165) is 5.56 Å². The minimum absolute atomic E-state index is 0.124. The number of carbonyl (C=O) groups excluding carboxylic acids is 3. The molecule has 0 aliphatic carbocycles. The van der Waals surface area contributed by atoms with Crippen molar-refractivity contribution in [1.29, 1.82) is 0 Å². The number of ketones is 1. The first-order valence-electron chi connectivity index (χ1n) is 7.80. The lowest BCUT2D eigenvalue weighted by molar-refractivity contribution is -0.119. The molecule has 1 aromatic heterocycles. The zero-order valence-electron chi connectivity index (χ0n) is 14.3. The summed E-state index contributed by atoms with van der Waals surface area (Å²) in [7, 11) is 0. The molecule has 0 unspecified atom stereocenters. The average molecular weight is 394 g/mol. The van der Waals surface area contributed by atoms with E-state index in [1.54, 1.807) is 24.3 Å². The predicted molar refractivity (Wildman–Crippen MR) is 94.7 cm³/mol. The van der Waals surface area contributed by atoms with Crippen molar-refractivity contribution in [3.05, 3.63) is 59.3 Å². The number of esters is 1. The van der Waals surface area contributed by atoms with Crippen LogP contribution >= 0.6 is 11.8 Å². The fraction of sp³-hybridized carbons (Fsp3) is 0.222. The highest BCUT2D eigenvalue weighted by Crippen LogP contribution is 2.26. The number of carbonyl (C=O) groups is 3. The van der Waals surface area contributed by atoms with Gasteiger partial charge in [-0.25, -0.2) is 9.78 Å². The summed E-state index contributed by atoms with van der Waals surface area (Å²) in [5.41, 5.74) is 1.01. The summed E-state index contributed by atoms with van der Waals surface area (Å²) in [4.78, 5) is 38.8. The van der Waals surface area contributed by atoms with E-state index >= 15 is 0 Å². The molecule has 1 amide bonds. The maximum absolute atomic E-state index is 12.5. The summed E-state index contributed by atoms with van der Waals surface area (Å²) in [5.74, 6) is -4.24. The molecule has 142 valence electrons. The SMILES string of the molecule is CC(=O)NCc1ccc(C(=O)COC(=O)c2cccnc2SC(F)F)cc1. The van der Waals surface area contributed by atoms with Gasteiger partial charge in [-0.05, 0) is 29.5 Å². The Morgan fingerprint density at radius 2 is 1.89 bits per heavy atom. The topological polar surface area (TPSA) is 85.4 Å². The third-order valence-corrected chi connectivity index (χ3v) is 4.07. The number of hydrogen-bond acceptors (Lipinski definition) is 6. The fourth-order valence-corrected chi connectivity index (χ4v) is 2.62. The smallest absolute Gasteiger partial charge is 0.341 e. The second-order valence-corrected chi connectivity index (χ2v) is 6.32. The molecule has 0 saturated heterocycles. The molecule has 1 aromatic carbocycles. The van der Waals surface area contributed by atoms with Crippen molar-refractivity contribution in [3.8, 4) is 0 Å². The molecule has 0 spiro atoms. The molecule has 0 aliphatic rings. The van der Waals surface area contributed by atoms with Gasteiger partial charge >= 0.3 is 5.97 Å². The number of halogens is 2. The molecule has 9 heteroatoms.